The number of hydrogen-bond donors (Lipinski definition) is 2. The van der Waals surface area contributed by atoms with Crippen LogP contribution >= 0.6 is 45.2 Å². The third-order valence-electron chi connectivity index (χ3n) is 4.16. The number of halogens is 2. The molecule has 0 bridgehead atoms. The lowest BCUT2D eigenvalue weighted by Crippen LogP contribution is -2.03. The van der Waals surface area contributed by atoms with Gasteiger partial charge in [0.15, 0.2) is 5.76 Å². The first-order valence-corrected chi connectivity index (χ1v) is 10.0. The normalized spacial score (nSPS) is 14.3. The van der Waals surface area contributed by atoms with Crippen molar-refractivity contribution in [2.75, 3.05) is 5.32 Å². The summed E-state index contributed by atoms with van der Waals surface area (Å²) in [6.07, 6.45) is 3.21. The maximum Gasteiger partial charge on any atom is 0.256 e. The Labute approximate surface area is 181 Å². The molecule has 1 amide bonds. The van der Waals surface area contributed by atoms with Crippen molar-refractivity contribution >= 4 is 74.2 Å². The number of phenolic OH excluding ortho intramolecular Hbond substituents is 1. The molecule has 4 rings (SSSR count). The van der Waals surface area contributed by atoms with Crippen molar-refractivity contribution in [1.82, 2.24) is 0 Å². The lowest BCUT2D eigenvalue weighted by molar-refractivity contribution is -0.110. The summed E-state index contributed by atoms with van der Waals surface area (Å²) in [5.41, 5.74) is 3.03. The van der Waals surface area contributed by atoms with Gasteiger partial charge in [-0.3, -0.25) is 9.59 Å². The highest BCUT2D eigenvalue weighted by Crippen LogP contribution is 2.35. The zero-order valence-corrected chi connectivity index (χ0v) is 17.9. The fourth-order valence-electron chi connectivity index (χ4n) is 2.86. The third kappa shape index (κ3) is 3.41. The van der Waals surface area contributed by atoms with Crippen LogP contribution in [0.1, 0.15) is 27.2 Å². The van der Waals surface area contributed by atoms with Crippen LogP contribution in [0.3, 0.4) is 0 Å². The Morgan fingerprint density at radius 3 is 2.52 bits per heavy atom. The highest BCUT2D eigenvalue weighted by atomic mass is 127. The van der Waals surface area contributed by atoms with E-state index in [9.17, 15) is 14.7 Å². The number of ketones is 1. The smallest absolute Gasteiger partial charge is 0.256 e. The molecule has 2 aromatic carbocycles. The first kappa shape index (κ1) is 18.2. The first-order chi connectivity index (χ1) is 12.9. The van der Waals surface area contributed by atoms with E-state index in [1.165, 1.54) is 6.26 Å². The Balaban J connectivity index is 1.78. The molecule has 2 heterocycles. The molecule has 0 saturated carbocycles. The minimum Gasteiger partial charge on any atom is -0.506 e. The van der Waals surface area contributed by atoms with Crippen molar-refractivity contribution in [2.45, 2.75) is 0 Å². The Morgan fingerprint density at radius 1 is 1.11 bits per heavy atom. The summed E-state index contributed by atoms with van der Waals surface area (Å²) in [6.45, 7) is 0. The Hall–Kier alpha value is -2.14. The molecule has 2 N–H and O–H groups in total. The van der Waals surface area contributed by atoms with Gasteiger partial charge in [0.1, 0.15) is 5.75 Å². The minimum atomic E-state index is -0.241. The fraction of sp³-hybridized carbons (Fsp3) is 0. The molecule has 5 nitrogen and oxygen atoms in total. The van der Waals surface area contributed by atoms with Gasteiger partial charge in [-0.05, 0) is 99.3 Å². The molecule has 0 spiro atoms. The molecule has 7 heteroatoms. The molecule has 1 aromatic heterocycles. The maximum absolute atomic E-state index is 12.5. The summed E-state index contributed by atoms with van der Waals surface area (Å²) < 4.78 is 6.58. The van der Waals surface area contributed by atoms with Gasteiger partial charge in [0.25, 0.3) is 5.91 Å². The largest absolute Gasteiger partial charge is 0.506 e. The van der Waals surface area contributed by atoms with Crippen LogP contribution < -0.4 is 5.32 Å². The van der Waals surface area contributed by atoms with Gasteiger partial charge in [-0.25, -0.2) is 0 Å². The van der Waals surface area contributed by atoms with E-state index < -0.39 is 0 Å². The number of phenols is 1. The molecule has 0 saturated heterocycles. The van der Waals surface area contributed by atoms with Crippen LogP contribution in [0.25, 0.3) is 11.6 Å². The summed E-state index contributed by atoms with van der Waals surface area (Å²) in [7, 11) is 0. The molecule has 0 unspecified atom stereocenters. The van der Waals surface area contributed by atoms with Crippen molar-refractivity contribution in [1.29, 1.82) is 0 Å². The zero-order chi connectivity index (χ0) is 19.1. The molecule has 1 aliphatic heterocycles. The monoisotopic (exact) mass is 583 g/mol. The molecule has 0 atom stereocenters. The average Bonchev–Trinajstić information content (AvgIpc) is 3.27. The number of aromatic hydroxyl groups is 1. The lowest BCUT2D eigenvalue weighted by atomic mass is 9.99. The average molecular weight is 583 g/mol. The van der Waals surface area contributed by atoms with Gasteiger partial charge in [0.05, 0.1) is 13.4 Å². The highest BCUT2D eigenvalue weighted by Gasteiger charge is 2.26. The number of carbonyl (C=O) groups is 2. The summed E-state index contributed by atoms with van der Waals surface area (Å²) >= 11 is 4.10. The second-order valence-electron chi connectivity index (χ2n) is 5.91. The van der Waals surface area contributed by atoms with E-state index in [1.807, 2.05) is 45.2 Å². The van der Waals surface area contributed by atoms with Crippen LogP contribution in [0.5, 0.6) is 5.75 Å². The predicted octanol–water partition coefficient (Wildman–Crippen LogP) is 4.92. The summed E-state index contributed by atoms with van der Waals surface area (Å²) in [5.74, 6) is 0.00211. The van der Waals surface area contributed by atoms with Gasteiger partial charge in [-0.1, -0.05) is 0 Å². The summed E-state index contributed by atoms with van der Waals surface area (Å²) in [4.78, 5) is 25.0. The standard InChI is InChI=1S/C20H11I2NO4/c21-14-7-10(8-15(22)19(14)25)6-13-12-9-11(3-4-16(12)23-20(13)26)18(24)17-2-1-5-27-17/h1-9,25H,(H,23,26)/b13-6-. The van der Waals surface area contributed by atoms with Crippen molar-refractivity contribution in [3.8, 4) is 5.75 Å². The number of hydrogen-bond acceptors (Lipinski definition) is 4. The molecular weight excluding hydrogens is 572 g/mol. The highest BCUT2D eigenvalue weighted by molar-refractivity contribution is 14.1. The number of anilines is 1. The lowest BCUT2D eigenvalue weighted by Gasteiger charge is -2.05. The Kier molecular flexibility index (Phi) is 4.81. The van der Waals surface area contributed by atoms with Gasteiger partial charge in [0, 0.05) is 22.4 Å². The van der Waals surface area contributed by atoms with E-state index in [4.69, 9.17) is 4.42 Å². The van der Waals surface area contributed by atoms with Gasteiger partial charge >= 0.3 is 0 Å². The number of benzene rings is 2. The molecule has 1 aliphatic rings. The number of rotatable bonds is 3. The summed E-state index contributed by atoms with van der Waals surface area (Å²) in [6, 6.07) is 11.9. The van der Waals surface area contributed by atoms with Crippen molar-refractivity contribution < 1.29 is 19.1 Å². The SMILES string of the molecule is O=C1Nc2ccc(C(=O)c3ccco3)cc2/C1=C/c1cc(I)c(O)c(I)c1. The van der Waals surface area contributed by atoms with Gasteiger partial charge in [0.2, 0.25) is 5.78 Å². The van der Waals surface area contributed by atoms with Crippen LogP contribution in [0.15, 0.2) is 53.1 Å². The first-order valence-electron chi connectivity index (χ1n) is 7.88. The van der Waals surface area contributed by atoms with Crippen LogP contribution in [0.2, 0.25) is 0 Å². The number of nitrogens with one attached hydrogen (secondary N) is 1. The van der Waals surface area contributed by atoms with Crippen LogP contribution in [-0.4, -0.2) is 16.8 Å². The second-order valence-corrected chi connectivity index (χ2v) is 8.24. The molecule has 27 heavy (non-hydrogen) atoms. The van der Waals surface area contributed by atoms with E-state index in [0.29, 0.717) is 29.5 Å². The number of amides is 1. The van der Waals surface area contributed by atoms with Gasteiger partial charge in [-0.2, -0.15) is 0 Å². The number of carbonyl (C=O) groups excluding carboxylic acids is 2. The van der Waals surface area contributed by atoms with Gasteiger partial charge in [-0.15, -0.1) is 0 Å². The van der Waals surface area contributed by atoms with E-state index in [2.05, 4.69) is 5.32 Å². The molecule has 0 radical (unpaired) electrons. The molecular formula is C20H11I2NO4. The number of furan rings is 1. The predicted molar refractivity (Wildman–Crippen MR) is 119 cm³/mol. The maximum atomic E-state index is 12.5. The Morgan fingerprint density at radius 2 is 1.85 bits per heavy atom. The zero-order valence-electron chi connectivity index (χ0n) is 13.6. The van der Waals surface area contributed by atoms with Crippen LogP contribution in [0.4, 0.5) is 5.69 Å². The quantitative estimate of drug-likeness (QED) is 0.261. The van der Waals surface area contributed by atoms with Crippen LogP contribution in [0, 0.1) is 7.14 Å². The van der Waals surface area contributed by atoms with E-state index in [0.717, 1.165) is 5.56 Å². The van der Waals surface area contributed by atoms with Crippen molar-refractivity contribution in [3.05, 3.63) is 78.3 Å². The van der Waals surface area contributed by atoms with Crippen molar-refractivity contribution in [2.24, 2.45) is 0 Å². The van der Waals surface area contributed by atoms with Crippen molar-refractivity contribution in [3.63, 3.8) is 0 Å². The molecule has 0 fully saturated rings. The minimum absolute atomic E-state index is 0.223. The fourth-order valence-corrected chi connectivity index (χ4v) is 4.67. The van der Waals surface area contributed by atoms with E-state index >= 15 is 0 Å². The Bertz CT molecular complexity index is 1090. The molecule has 0 aliphatic carbocycles. The van der Waals surface area contributed by atoms with E-state index in [-0.39, 0.29) is 23.2 Å². The molecule has 134 valence electrons. The second kappa shape index (κ2) is 7.12. The van der Waals surface area contributed by atoms with Gasteiger partial charge < -0.3 is 14.8 Å². The third-order valence-corrected chi connectivity index (χ3v) is 5.80. The molecule has 3 aromatic rings. The van der Waals surface area contributed by atoms with Crippen LogP contribution in [-0.2, 0) is 4.79 Å². The topological polar surface area (TPSA) is 79.5 Å². The number of fused-ring (bicyclic) bond motifs is 1. The van der Waals surface area contributed by atoms with E-state index in [1.54, 1.807) is 48.5 Å². The summed E-state index contributed by atoms with van der Waals surface area (Å²) in [5, 5.41) is 12.7.